The minimum atomic E-state index is -0.257. The number of nitrogens with two attached hydrogens (primary N) is 1. The van der Waals surface area contributed by atoms with Crippen LogP contribution in [-0.4, -0.2) is 29.3 Å². The topological polar surface area (TPSA) is 63.4 Å². The number of carbonyl (C=O) groups excluding carboxylic acids is 2. The van der Waals surface area contributed by atoms with Crippen LogP contribution in [0.2, 0.25) is 0 Å². The van der Waals surface area contributed by atoms with Crippen molar-refractivity contribution >= 4 is 11.8 Å². The summed E-state index contributed by atoms with van der Waals surface area (Å²) >= 11 is 0. The van der Waals surface area contributed by atoms with E-state index in [4.69, 9.17) is 5.73 Å². The summed E-state index contributed by atoms with van der Waals surface area (Å²) in [6.45, 7) is 7.55. The lowest BCUT2D eigenvalue weighted by molar-refractivity contribution is -0.140. The third-order valence-electron chi connectivity index (χ3n) is 9.41. The monoisotopic (exact) mass is 360 g/mol. The second-order valence-electron chi connectivity index (χ2n) is 10.1. The molecule has 4 aliphatic carbocycles. The molecule has 4 nitrogen and oxygen atoms in total. The minimum Gasteiger partial charge on any atom is -0.351 e. The Hall–Kier alpha value is -1.06. The standard InChI is InChI=1S/C22H36N2O2/c1-4-24(20(23)26)15-9-11-21(2)14(13-15)5-6-16-17-7-8-19(25)22(17,3)12-10-18(16)21/h14-18H,4-13H2,1-3H3,(H2,23,26)/t14-,15-,16-,17-,18-,21-,22-/m0/s1. The molecule has 146 valence electrons. The van der Waals surface area contributed by atoms with Crippen LogP contribution in [-0.2, 0) is 4.79 Å². The van der Waals surface area contributed by atoms with Crippen molar-refractivity contribution in [2.75, 3.05) is 6.54 Å². The highest BCUT2D eigenvalue weighted by atomic mass is 16.2. The molecule has 4 rings (SSSR count). The molecule has 4 aliphatic rings. The molecule has 0 aromatic carbocycles. The number of hydrogen-bond donors (Lipinski definition) is 1. The quantitative estimate of drug-likeness (QED) is 0.795. The number of primary amides is 1. The molecule has 4 fully saturated rings. The Bertz CT molecular complexity index is 605. The molecule has 0 bridgehead atoms. The van der Waals surface area contributed by atoms with Gasteiger partial charge in [-0.3, -0.25) is 4.79 Å². The summed E-state index contributed by atoms with van der Waals surface area (Å²) in [6.07, 6.45) is 10.3. The number of nitrogens with zero attached hydrogens (tertiary/aromatic N) is 1. The van der Waals surface area contributed by atoms with Gasteiger partial charge in [-0.2, -0.15) is 0 Å². The number of amides is 2. The average molecular weight is 361 g/mol. The van der Waals surface area contributed by atoms with Gasteiger partial charge in [0.15, 0.2) is 0 Å². The van der Waals surface area contributed by atoms with Gasteiger partial charge in [-0.1, -0.05) is 13.8 Å². The highest BCUT2D eigenvalue weighted by Crippen LogP contribution is 2.65. The van der Waals surface area contributed by atoms with Crippen molar-refractivity contribution in [2.45, 2.75) is 84.6 Å². The van der Waals surface area contributed by atoms with Crippen LogP contribution >= 0.6 is 0 Å². The van der Waals surface area contributed by atoms with E-state index in [0.717, 1.165) is 50.5 Å². The highest BCUT2D eigenvalue weighted by molar-refractivity contribution is 5.87. The van der Waals surface area contributed by atoms with Gasteiger partial charge in [0.25, 0.3) is 0 Å². The van der Waals surface area contributed by atoms with Gasteiger partial charge in [0, 0.05) is 24.4 Å². The van der Waals surface area contributed by atoms with Crippen LogP contribution in [0.5, 0.6) is 0 Å². The summed E-state index contributed by atoms with van der Waals surface area (Å²) in [6, 6.07) is 0.0710. The smallest absolute Gasteiger partial charge is 0.315 e. The third-order valence-corrected chi connectivity index (χ3v) is 9.41. The van der Waals surface area contributed by atoms with Crippen molar-refractivity contribution in [3.05, 3.63) is 0 Å². The molecule has 4 heteroatoms. The SMILES string of the molecule is CCN(C(N)=O)[C@H]1CC[C@@]2(C)[C@@H](CC[C@@H]3[C@@H]2CC[C@]2(C)C(=O)CC[C@@H]32)C1. The Morgan fingerprint density at radius 3 is 2.58 bits per heavy atom. The van der Waals surface area contributed by atoms with Gasteiger partial charge in [-0.05, 0) is 87.4 Å². The fraction of sp³-hybridized carbons (Fsp3) is 0.909. The fourth-order valence-corrected chi connectivity index (χ4v) is 7.88. The molecule has 0 aromatic rings. The lowest BCUT2D eigenvalue weighted by atomic mass is 9.45. The van der Waals surface area contributed by atoms with Crippen LogP contribution in [0.25, 0.3) is 0 Å². The Morgan fingerprint density at radius 2 is 1.88 bits per heavy atom. The molecule has 0 radical (unpaired) electrons. The molecule has 4 saturated carbocycles. The first-order valence-electron chi connectivity index (χ1n) is 10.9. The zero-order chi connectivity index (χ0) is 18.7. The van der Waals surface area contributed by atoms with Crippen LogP contribution < -0.4 is 5.73 Å². The summed E-state index contributed by atoms with van der Waals surface area (Å²) < 4.78 is 0. The van der Waals surface area contributed by atoms with Gasteiger partial charge in [-0.25, -0.2) is 4.79 Å². The molecular weight excluding hydrogens is 324 g/mol. The Morgan fingerprint density at radius 1 is 1.12 bits per heavy atom. The predicted octanol–water partition coefficient (Wildman–Crippen LogP) is 4.37. The molecule has 0 spiro atoms. The van der Waals surface area contributed by atoms with Crippen LogP contribution in [0, 0.1) is 34.5 Å². The Kier molecular flexibility index (Phi) is 4.39. The molecule has 2 amide bonds. The molecule has 0 heterocycles. The Labute approximate surface area is 158 Å². The number of carbonyl (C=O) groups is 2. The van der Waals surface area contributed by atoms with E-state index in [-0.39, 0.29) is 11.4 Å². The molecule has 7 atom stereocenters. The molecule has 2 N–H and O–H groups in total. The van der Waals surface area contributed by atoms with Crippen LogP contribution in [0.4, 0.5) is 4.79 Å². The predicted molar refractivity (Wildman–Crippen MR) is 102 cm³/mol. The van der Waals surface area contributed by atoms with Gasteiger partial charge in [0.1, 0.15) is 5.78 Å². The number of urea groups is 1. The summed E-state index contributed by atoms with van der Waals surface area (Å²) in [4.78, 5) is 26.2. The van der Waals surface area contributed by atoms with Gasteiger partial charge < -0.3 is 10.6 Å². The maximum Gasteiger partial charge on any atom is 0.315 e. The van der Waals surface area contributed by atoms with Gasteiger partial charge in [0.2, 0.25) is 0 Å². The van der Waals surface area contributed by atoms with E-state index in [1.807, 2.05) is 11.8 Å². The van der Waals surface area contributed by atoms with Gasteiger partial charge in [0.05, 0.1) is 0 Å². The zero-order valence-electron chi connectivity index (χ0n) is 16.8. The maximum atomic E-state index is 12.5. The maximum absolute atomic E-state index is 12.5. The van der Waals surface area contributed by atoms with Crippen molar-refractivity contribution in [1.29, 1.82) is 0 Å². The average Bonchev–Trinajstić information content (AvgIpc) is 2.90. The summed E-state index contributed by atoms with van der Waals surface area (Å²) in [5.41, 5.74) is 6.00. The van der Waals surface area contributed by atoms with E-state index in [1.54, 1.807) is 0 Å². The van der Waals surface area contributed by atoms with Crippen LogP contribution in [0.1, 0.15) is 78.6 Å². The second-order valence-corrected chi connectivity index (χ2v) is 10.1. The van der Waals surface area contributed by atoms with E-state index in [0.29, 0.717) is 29.1 Å². The molecule has 0 aromatic heterocycles. The van der Waals surface area contributed by atoms with E-state index >= 15 is 0 Å². The van der Waals surface area contributed by atoms with Crippen molar-refractivity contribution in [2.24, 2.45) is 40.2 Å². The van der Waals surface area contributed by atoms with Crippen molar-refractivity contribution in [1.82, 2.24) is 4.90 Å². The van der Waals surface area contributed by atoms with Crippen LogP contribution in [0.15, 0.2) is 0 Å². The first-order chi connectivity index (χ1) is 12.3. The first-order valence-corrected chi connectivity index (χ1v) is 10.9. The van der Waals surface area contributed by atoms with Crippen molar-refractivity contribution < 1.29 is 9.59 Å². The summed E-state index contributed by atoms with van der Waals surface area (Å²) in [5, 5.41) is 0. The highest BCUT2D eigenvalue weighted by Gasteiger charge is 2.60. The van der Waals surface area contributed by atoms with Crippen molar-refractivity contribution in [3.63, 3.8) is 0 Å². The Balaban J connectivity index is 1.54. The molecule has 0 saturated heterocycles. The summed E-state index contributed by atoms with van der Waals surface area (Å²) in [5.74, 6) is 3.39. The summed E-state index contributed by atoms with van der Waals surface area (Å²) in [7, 11) is 0. The normalized spacial score (nSPS) is 47.7. The number of fused-ring (bicyclic) bond motifs is 5. The molecule has 0 aliphatic heterocycles. The number of rotatable bonds is 2. The second kappa shape index (κ2) is 6.24. The van der Waals surface area contributed by atoms with Crippen LogP contribution in [0.3, 0.4) is 0 Å². The van der Waals surface area contributed by atoms with E-state index in [9.17, 15) is 9.59 Å². The van der Waals surface area contributed by atoms with Crippen molar-refractivity contribution in [3.8, 4) is 0 Å². The van der Waals surface area contributed by atoms with Gasteiger partial charge in [-0.15, -0.1) is 0 Å². The minimum absolute atomic E-state index is 0.0213. The number of hydrogen-bond acceptors (Lipinski definition) is 2. The third kappa shape index (κ3) is 2.46. The first kappa shape index (κ1) is 18.3. The number of ketones is 1. The van der Waals surface area contributed by atoms with Gasteiger partial charge >= 0.3 is 6.03 Å². The molecule has 0 unspecified atom stereocenters. The van der Waals surface area contributed by atoms with E-state index < -0.39 is 0 Å². The molecular formula is C22H36N2O2. The molecule has 26 heavy (non-hydrogen) atoms. The lowest BCUT2D eigenvalue weighted by Gasteiger charge is -2.60. The number of Topliss-reactive ketones (excluding diaryl/α,β-unsaturated/α-hetero) is 1. The van der Waals surface area contributed by atoms with E-state index in [1.165, 1.54) is 25.7 Å². The fourth-order valence-electron chi connectivity index (χ4n) is 7.88. The lowest BCUT2D eigenvalue weighted by Crippen LogP contribution is -2.56. The largest absolute Gasteiger partial charge is 0.351 e. The zero-order valence-corrected chi connectivity index (χ0v) is 16.8. The van der Waals surface area contributed by atoms with E-state index in [2.05, 4.69) is 13.8 Å².